The number of hydrogen-bond donors (Lipinski definition) is 1. The van der Waals surface area contributed by atoms with Crippen molar-refractivity contribution in [2.45, 2.75) is 85.0 Å². The first-order valence-corrected chi connectivity index (χ1v) is 12.7. The van der Waals surface area contributed by atoms with Crippen molar-refractivity contribution in [3.8, 4) is 0 Å². The van der Waals surface area contributed by atoms with Crippen LogP contribution in [0.1, 0.15) is 47.5 Å². The summed E-state index contributed by atoms with van der Waals surface area (Å²) in [5.74, 6) is 0. The van der Waals surface area contributed by atoms with Gasteiger partial charge >= 0.3 is 12.2 Å². The molecule has 6 nitrogen and oxygen atoms in total. The molecule has 0 aliphatic heterocycles. The molecule has 0 radical (unpaired) electrons. The Bertz CT molecular complexity index is 509. The van der Waals surface area contributed by atoms with Crippen LogP contribution in [0.5, 0.6) is 0 Å². The fourth-order valence-electron chi connectivity index (χ4n) is 2.43. The first kappa shape index (κ1) is 24.5. The number of hydrogen-bond acceptors (Lipinski definition) is 4. The van der Waals surface area contributed by atoms with Gasteiger partial charge in [0.2, 0.25) is 0 Å². The van der Waals surface area contributed by atoms with E-state index in [1.165, 1.54) is 4.90 Å². The van der Waals surface area contributed by atoms with E-state index in [1.54, 1.807) is 7.05 Å². The quantitative estimate of drug-likeness (QED) is 0.490. The Morgan fingerprint density at radius 3 is 2.04 bits per heavy atom. The zero-order valence-corrected chi connectivity index (χ0v) is 19.0. The third-order valence-corrected chi connectivity index (χ3v) is 7.06. The lowest BCUT2D eigenvalue weighted by Crippen LogP contribution is -2.50. The molecule has 0 fully saturated rings. The molecule has 7 heteroatoms. The van der Waals surface area contributed by atoms with Gasteiger partial charge in [-0.1, -0.05) is 52.6 Å². The van der Waals surface area contributed by atoms with Gasteiger partial charge in [0.25, 0.3) is 0 Å². The number of rotatable bonds is 8. The first-order chi connectivity index (χ1) is 11.6. The monoisotopic (exact) mass is 386 g/mol. The number of nitrogens with zero attached hydrogens (tertiary/aromatic N) is 1. The first-order valence-electron chi connectivity index (χ1n) is 9.11. The molecular weight excluding hydrogens is 348 g/mol. The van der Waals surface area contributed by atoms with E-state index in [4.69, 9.17) is 15.2 Å². The highest BCUT2D eigenvalue weighted by molar-refractivity contribution is 6.77. The van der Waals surface area contributed by atoms with Gasteiger partial charge in [-0.2, -0.15) is 0 Å². The summed E-state index contributed by atoms with van der Waals surface area (Å²) in [6.07, 6.45) is -0.480. The molecule has 0 aliphatic rings. The molecule has 0 aromatic rings. The van der Waals surface area contributed by atoms with Gasteiger partial charge in [-0.3, -0.25) is 0 Å². The fraction of sp³-hybridized carbons (Fsp3) is 0.789. The molecule has 0 rings (SSSR count). The van der Waals surface area contributed by atoms with Crippen molar-refractivity contribution in [3.63, 3.8) is 0 Å². The molecule has 0 saturated carbocycles. The second kappa shape index (κ2) is 9.44. The van der Waals surface area contributed by atoms with Gasteiger partial charge in [-0.25, -0.2) is 9.59 Å². The topological polar surface area (TPSA) is 81.9 Å². The maximum absolute atomic E-state index is 12.7. The molecule has 152 valence electrons. The number of nitrogens with two attached hydrogens (primary N) is 1. The predicted molar refractivity (Wildman–Crippen MR) is 109 cm³/mol. The Kier molecular flexibility index (Phi) is 8.89. The van der Waals surface area contributed by atoms with Crippen LogP contribution >= 0.6 is 0 Å². The lowest BCUT2D eigenvalue weighted by molar-refractivity contribution is 0.0312. The second-order valence-electron chi connectivity index (χ2n) is 9.37. The molecule has 0 heterocycles. The number of carbonyl (C=O) groups is 2. The van der Waals surface area contributed by atoms with Crippen molar-refractivity contribution in [3.05, 3.63) is 12.2 Å². The molecule has 0 aromatic carbocycles. The number of primary amides is 1. The van der Waals surface area contributed by atoms with Crippen LogP contribution in [0.15, 0.2) is 12.2 Å². The summed E-state index contributed by atoms with van der Waals surface area (Å²) in [4.78, 5) is 25.5. The Balaban J connectivity index is 5.42. The molecule has 3 unspecified atom stereocenters. The minimum absolute atomic E-state index is 0.0598. The van der Waals surface area contributed by atoms with Crippen LogP contribution in [-0.4, -0.2) is 50.1 Å². The van der Waals surface area contributed by atoms with Crippen LogP contribution < -0.4 is 5.73 Å². The summed E-state index contributed by atoms with van der Waals surface area (Å²) in [5.41, 5.74) is 5.91. The van der Waals surface area contributed by atoms with Crippen LogP contribution in [0.4, 0.5) is 9.59 Å². The molecule has 3 atom stereocenters. The highest BCUT2D eigenvalue weighted by Gasteiger charge is 2.35. The summed E-state index contributed by atoms with van der Waals surface area (Å²) >= 11 is 0. The Hall–Kier alpha value is -1.50. The molecule has 0 saturated heterocycles. The second-order valence-corrected chi connectivity index (χ2v) is 14.9. The third kappa shape index (κ3) is 8.74. The molecule has 0 aliphatic carbocycles. The molecule has 0 spiro atoms. The average molecular weight is 387 g/mol. The average Bonchev–Trinajstić information content (AvgIpc) is 2.41. The summed E-state index contributed by atoms with van der Waals surface area (Å²) < 4.78 is 11.0. The van der Waals surface area contributed by atoms with E-state index in [1.807, 2.05) is 13.8 Å². The van der Waals surface area contributed by atoms with Crippen LogP contribution in [0, 0.1) is 5.41 Å². The number of likely N-dealkylation sites (N-methyl/N-ethyl adjacent to an activating group) is 1. The normalized spacial score (nSPS) is 15.6. The largest absolute Gasteiger partial charge is 0.450 e. The highest BCUT2D eigenvalue weighted by Crippen LogP contribution is 2.27. The van der Waals surface area contributed by atoms with Crippen LogP contribution in [0.2, 0.25) is 19.6 Å². The van der Waals surface area contributed by atoms with Gasteiger partial charge in [0.1, 0.15) is 6.10 Å². The van der Waals surface area contributed by atoms with Crippen molar-refractivity contribution >= 4 is 20.3 Å². The number of amides is 2. The van der Waals surface area contributed by atoms with Crippen LogP contribution in [0.3, 0.4) is 0 Å². The van der Waals surface area contributed by atoms with E-state index in [2.05, 4.69) is 47.0 Å². The van der Waals surface area contributed by atoms with E-state index >= 15 is 0 Å². The minimum atomic E-state index is -1.62. The standard InChI is InChI=1S/C19H38N2O4Si/c1-13(2)16(15(25-17(20)22)11-12-19(4,5)6)21(7)18(23)24-14(3)26(8,9)10/h14-16H,1,11-12H2,2-10H3,(H2,20,22). The van der Waals surface area contributed by atoms with Gasteiger partial charge in [0.15, 0.2) is 0 Å². The Morgan fingerprint density at radius 2 is 1.69 bits per heavy atom. The molecule has 2 amide bonds. The molecule has 0 aromatic heterocycles. The van der Waals surface area contributed by atoms with E-state index in [0.717, 1.165) is 6.42 Å². The molecular formula is C19H38N2O4Si. The van der Waals surface area contributed by atoms with E-state index in [9.17, 15) is 9.59 Å². The predicted octanol–water partition coefficient (Wildman–Crippen LogP) is 4.56. The van der Waals surface area contributed by atoms with Gasteiger partial charge in [-0.15, -0.1) is 0 Å². The summed E-state index contributed by atoms with van der Waals surface area (Å²) in [6, 6.07) is -0.494. The molecule has 26 heavy (non-hydrogen) atoms. The lowest BCUT2D eigenvalue weighted by atomic mass is 9.87. The van der Waals surface area contributed by atoms with Crippen LogP contribution in [-0.2, 0) is 9.47 Å². The molecule has 0 bridgehead atoms. The maximum Gasteiger partial charge on any atom is 0.410 e. The Labute approximate surface area is 160 Å². The van der Waals surface area contributed by atoms with Gasteiger partial charge < -0.3 is 20.1 Å². The SMILES string of the molecule is C=C(C)C(C(CCC(C)(C)C)OC(N)=O)N(C)C(=O)OC(C)[Si](C)(C)C. The fourth-order valence-corrected chi connectivity index (χ4v) is 2.88. The van der Waals surface area contributed by atoms with Crippen molar-refractivity contribution in [2.24, 2.45) is 11.1 Å². The number of carbonyl (C=O) groups excluding carboxylic acids is 2. The van der Waals surface area contributed by atoms with E-state index in [0.29, 0.717) is 12.0 Å². The summed E-state index contributed by atoms with van der Waals surface area (Å²) in [6.45, 7) is 20.5. The maximum atomic E-state index is 12.7. The lowest BCUT2D eigenvalue weighted by Gasteiger charge is -2.36. The smallest absolute Gasteiger partial charge is 0.410 e. The van der Waals surface area contributed by atoms with E-state index in [-0.39, 0.29) is 11.1 Å². The third-order valence-electron chi connectivity index (χ3n) is 4.51. The highest BCUT2D eigenvalue weighted by atomic mass is 28.3. The van der Waals surface area contributed by atoms with Gasteiger partial charge in [0, 0.05) is 7.05 Å². The van der Waals surface area contributed by atoms with Gasteiger partial charge in [-0.05, 0) is 32.1 Å². The summed E-state index contributed by atoms with van der Waals surface area (Å²) in [7, 11) is 0.0237. The minimum Gasteiger partial charge on any atom is -0.450 e. The van der Waals surface area contributed by atoms with Crippen molar-refractivity contribution in [2.75, 3.05) is 7.05 Å². The van der Waals surface area contributed by atoms with Crippen molar-refractivity contribution in [1.82, 2.24) is 4.90 Å². The zero-order chi connectivity index (χ0) is 20.9. The summed E-state index contributed by atoms with van der Waals surface area (Å²) in [5, 5.41) is 0. The van der Waals surface area contributed by atoms with Crippen molar-refractivity contribution in [1.29, 1.82) is 0 Å². The van der Waals surface area contributed by atoms with E-state index < -0.39 is 32.4 Å². The zero-order valence-electron chi connectivity index (χ0n) is 18.0. The molecule has 2 N–H and O–H groups in total. The Morgan fingerprint density at radius 1 is 1.19 bits per heavy atom. The number of ether oxygens (including phenoxy) is 2. The van der Waals surface area contributed by atoms with Crippen LogP contribution in [0.25, 0.3) is 0 Å². The van der Waals surface area contributed by atoms with Gasteiger partial charge in [0.05, 0.1) is 19.8 Å². The van der Waals surface area contributed by atoms with Crippen molar-refractivity contribution < 1.29 is 19.1 Å².